The van der Waals surface area contributed by atoms with Crippen LogP contribution < -0.4 is 0 Å². The Balaban J connectivity index is 2.13. The molecule has 4 nitrogen and oxygen atoms in total. The van der Waals surface area contributed by atoms with Gasteiger partial charge in [0.2, 0.25) is 0 Å². The molecule has 1 fully saturated rings. The van der Waals surface area contributed by atoms with Crippen molar-refractivity contribution >= 4 is 11.6 Å². The molecule has 3 rings (SSSR count). The Morgan fingerprint density at radius 2 is 2.33 bits per heavy atom. The van der Waals surface area contributed by atoms with E-state index in [9.17, 15) is 4.79 Å². The van der Waals surface area contributed by atoms with Crippen LogP contribution in [-0.2, 0) is 0 Å². The third kappa shape index (κ3) is 1.38. The molecule has 0 aliphatic heterocycles. The van der Waals surface area contributed by atoms with Gasteiger partial charge in [-0.05, 0) is 25.0 Å². The lowest BCUT2D eigenvalue weighted by Gasteiger charge is -1.94. The van der Waals surface area contributed by atoms with Gasteiger partial charge in [0.1, 0.15) is 5.65 Å². The first-order chi connectivity index (χ1) is 7.24. The largest absolute Gasteiger partial charge is 0.478 e. The number of imidazole rings is 1. The van der Waals surface area contributed by atoms with Crippen LogP contribution in [-0.4, -0.2) is 20.5 Å². The summed E-state index contributed by atoms with van der Waals surface area (Å²) in [5.41, 5.74) is 2.09. The first-order valence-electron chi connectivity index (χ1n) is 4.96. The molecule has 1 aliphatic carbocycles. The zero-order valence-corrected chi connectivity index (χ0v) is 8.05. The second-order valence-corrected chi connectivity index (χ2v) is 3.93. The van der Waals surface area contributed by atoms with Crippen LogP contribution in [0.4, 0.5) is 0 Å². The smallest absolute Gasteiger partial charge is 0.335 e. The number of aromatic carboxylic acids is 1. The van der Waals surface area contributed by atoms with Crippen molar-refractivity contribution in [2.24, 2.45) is 0 Å². The van der Waals surface area contributed by atoms with Crippen LogP contribution in [0.3, 0.4) is 0 Å². The summed E-state index contributed by atoms with van der Waals surface area (Å²) in [5.74, 6) is -0.313. The highest BCUT2D eigenvalue weighted by Crippen LogP contribution is 2.39. The van der Waals surface area contributed by atoms with Crippen LogP contribution in [0.5, 0.6) is 0 Å². The molecule has 15 heavy (non-hydrogen) atoms. The number of carboxylic acid groups (broad SMARTS) is 1. The van der Waals surface area contributed by atoms with Gasteiger partial charge in [-0.1, -0.05) is 0 Å². The maximum atomic E-state index is 10.8. The summed E-state index contributed by atoms with van der Waals surface area (Å²) in [7, 11) is 0. The standard InChI is InChI=1S/C11H10N2O2/c14-11(15)8-3-4-13-6-9(7-1-2-7)12-10(13)5-8/h3-7H,1-2H2,(H,14,15). The van der Waals surface area contributed by atoms with Crippen LogP contribution in [0.25, 0.3) is 5.65 Å². The normalized spacial score (nSPS) is 15.7. The molecular weight excluding hydrogens is 192 g/mol. The van der Waals surface area contributed by atoms with Gasteiger partial charge in [0, 0.05) is 18.3 Å². The van der Waals surface area contributed by atoms with Crippen LogP contribution >= 0.6 is 0 Å². The average Bonchev–Trinajstić information content (AvgIpc) is 2.97. The summed E-state index contributed by atoms with van der Waals surface area (Å²) in [5, 5.41) is 8.84. The van der Waals surface area contributed by atoms with E-state index in [-0.39, 0.29) is 5.56 Å². The summed E-state index contributed by atoms with van der Waals surface area (Å²) in [6.07, 6.45) is 6.14. The van der Waals surface area contributed by atoms with Crippen molar-refractivity contribution in [1.82, 2.24) is 9.38 Å². The highest BCUT2D eigenvalue weighted by Gasteiger charge is 2.26. The molecule has 2 aromatic heterocycles. The van der Waals surface area contributed by atoms with E-state index in [1.165, 1.54) is 12.8 Å². The molecule has 2 heterocycles. The van der Waals surface area contributed by atoms with E-state index in [1.807, 2.05) is 10.6 Å². The molecule has 0 radical (unpaired) electrons. The van der Waals surface area contributed by atoms with Gasteiger partial charge in [-0.25, -0.2) is 9.78 Å². The molecular formula is C11H10N2O2. The molecule has 0 amide bonds. The Morgan fingerprint density at radius 3 is 3.00 bits per heavy atom. The molecule has 1 saturated carbocycles. The fourth-order valence-electron chi connectivity index (χ4n) is 1.71. The van der Waals surface area contributed by atoms with Gasteiger partial charge < -0.3 is 9.51 Å². The Kier molecular flexibility index (Phi) is 1.59. The van der Waals surface area contributed by atoms with Crippen molar-refractivity contribution in [2.45, 2.75) is 18.8 Å². The predicted molar refractivity (Wildman–Crippen MR) is 54.1 cm³/mol. The van der Waals surface area contributed by atoms with Gasteiger partial charge in [0.15, 0.2) is 0 Å². The minimum Gasteiger partial charge on any atom is -0.478 e. The number of pyridine rings is 1. The number of hydrogen-bond acceptors (Lipinski definition) is 2. The van der Waals surface area contributed by atoms with Gasteiger partial charge in [0.25, 0.3) is 0 Å². The SMILES string of the molecule is O=C(O)c1ccn2cc(C3CC3)nc2c1. The fourth-order valence-corrected chi connectivity index (χ4v) is 1.71. The summed E-state index contributed by atoms with van der Waals surface area (Å²) in [4.78, 5) is 15.2. The van der Waals surface area contributed by atoms with Gasteiger partial charge in [0.05, 0.1) is 11.3 Å². The van der Waals surface area contributed by atoms with Crippen LogP contribution in [0.15, 0.2) is 24.5 Å². The van der Waals surface area contributed by atoms with Gasteiger partial charge in [-0.3, -0.25) is 0 Å². The summed E-state index contributed by atoms with van der Waals surface area (Å²) >= 11 is 0. The quantitative estimate of drug-likeness (QED) is 0.809. The molecule has 1 aliphatic rings. The third-order valence-corrected chi connectivity index (χ3v) is 2.72. The van der Waals surface area contributed by atoms with Crippen molar-refractivity contribution in [2.75, 3.05) is 0 Å². The summed E-state index contributed by atoms with van der Waals surface area (Å²) in [6, 6.07) is 3.20. The van der Waals surface area contributed by atoms with Crippen LogP contribution in [0.2, 0.25) is 0 Å². The molecule has 0 unspecified atom stereocenters. The second-order valence-electron chi connectivity index (χ2n) is 3.93. The monoisotopic (exact) mass is 202 g/mol. The molecule has 1 N–H and O–H groups in total. The number of fused-ring (bicyclic) bond motifs is 1. The molecule has 2 aromatic rings. The Bertz CT molecular complexity index is 541. The Hall–Kier alpha value is -1.84. The number of rotatable bonds is 2. The minimum atomic E-state index is -0.909. The van der Waals surface area contributed by atoms with Gasteiger partial charge in [-0.2, -0.15) is 0 Å². The first-order valence-corrected chi connectivity index (χ1v) is 4.96. The van der Waals surface area contributed by atoms with Crippen molar-refractivity contribution in [1.29, 1.82) is 0 Å². The molecule has 0 atom stereocenters. The molecule has 76 valence electrons. The highest BCUT2D eigenvalue weighted by atomic mass is 16.4. The van der Waals surface area contributed by atoms with Crippen molar-refractivity contribution in [3.63, 3.8) is 0 Å². The lowest BCUT2D eigenvalue weighted by molar-refractivity contribution is 0.0697. The minimum absolute atomic E-state index is 0.287. The van der Waals surface area contributed by atoms with E-state index in [2.05, 4.69) is 4.98 Å². The molecule has 0 saturated heterocycles. The van der Waals surface area contributed by atoms with E-state index in [4.69, 9.17) is 5.11 Å². The first kappa shape index (κ1) is 8.47. The Morgan fingerprint density at radius 1 is 1.53 bits per heavy atom. The number of aromatic nitrogens is 2. The van der Waals surface area contributed by atoms with Crippen LogP contribution in [0.1, 0.15) is 34.8 Å². The van der Waals surface area contributed by atoms with Gasteiger partial charge in [-0.15, -0.1) is 0 Å². The third-order valence-electron chi connectivity index (χ3n) is 2.72. The van der Waals surface area contributed by atoms with E-state index < -0.39 is 5.97 Å². The summed E-state index contributed by atoms with van der Waals surface area (Å²) < 4.78 is 1.88. The Labute approximate surface area is 86.2 Å². The molecule has 4 heteroatoms. The number of nitrogens with zero attached hydrogens (tertiary/aromatic N) is 2. The number of carboxylic acids is 1. The van der Waals surface area contributed by atoms with Crippen molar-refractivity contribution in [3.05, 3.63) is 35.8 Å². The van der Waals surface area contributed by atoms with E-state index >= 15 is 0 Å². The van der Waals surface area contributed by atoms with E-state index in [0.29, 0.717) is 5.92 Å². The second kappa shape index (κ2) is 2.82. The predicted octanol–water partition coefficient (Wildman–Crippen LogP) is 1.91. The highest BCUT2D eigenvalue weighted by molar-refractivity contribution is 5.88. The van der Waals surface area contributed by atoms with E-state index in [0.717, 1.165) is 11.3 Å². The lowest BCUT2D eigenvalue weighted by Crippen LogP contribution is -1.96. The molecule has 0 aromatic carbocycles. The zero-order chi connectivity index (χ0) is 10.4. The summed E-state index contributed by atoms with van der Waals surface area (Å²) in [6.45, 7) is 0. The fraction of sp³-hybridized carbons (Fsp3) is 0.273. The molecule has 0 spiro atoms. The number of hydrogen-bond donors (Lipinski definition) is 1. The van der Waals surface area contributed by atoms with E-state index in [1.54, 1.807) is 18.3 Å². The topological polar surface area (TPSA) is 54.6 Å². The van der Waals surface area contributed by atoms with Crippen molar-refractivity contribution in [3.8, 4) is 0 Å². The average molecular weight is 202 g/mol. The maximum absolute atomic E-state index is 10.8. The van der Waals surface area contributed by atoms with Gasteiger partial charge >= 0.3 is 5.97 Å². The van der Waals surface area contributed by atoms with Crippen LogP contribution in [0, 0.1) is 0 Å². The molecule has 0 bridgehead atoms. The maximum Gasteiger partial charge on any atom is 0.335 e. The lowest BCUT2D eigenvalue weighted by atomic mass is 10.3. The zero-order valence-electron chi connectivity index (χ0n) is 8.05. The van der Waals surface area contributed by atoms with Crippen molar-refractivity contribution < 1.29 is 9.90 Å². The number of carbonyl (C=O) groups is 1.